The van der Waals surface area contributed by atoms with Gasteiger partial charge < -0.3 is 15.3 Å². The maximum atomic E-state index is 14.0. The van der Waals surface area contributed by atoms with Crippen LogP contribution in [0, 0.1) is 5.82 Å². The first-order valence-corrected chi connectivity index (χ1v) is 8.09. The Kier molecular flexibility index (Phi) is 6.61. The van der Waals surface area contributed by atoms with Crippen LogP contribution in [0.3, 0.4) is 0 Å². The molecule has 1 aliphatic heterocycles. The van der Waals surface area contributed by atoms with Crippen LogP contribution in [0.15, 0.2) is 24.3 Å². The third kappa shape index (κ3) is 5.06. The minimum Gasteiger partial charge on any atom is -0.393 e. The van der Waals surface area contributed by atoms with Crippen LogP contribution in [0.4, 0.5) is 4.39 Å². The summed E-state index contributed by atoms with van der Waals surface area (Å²) in [6.45, 7) is 5.86. The first-order valence-electron chi connectivity index (χ1n) is 8.09. The second-order valence-corrected chi connectivity index (χ2v) is 5.89. The van der Waals surface area contributed by atoms with Gasteiger partial charge in [-0.3, -0.25) is 0 Å². The Morgan fingerprint density at radius 2 is 2.05 bits per heavy atom. The van der Waals surface area contributed by atoms with Gasteiger partial charge in [0.1, 0.15) is 5.82 Å². The topological polar surface area (TPSA) is 35.5 Å². The molecule has 2 rings (SSSR count). The van der Waals surface area contributed by atoms with E-state index in [1.165, 1.54) is 6.07 Å². The molecule has 1 heterocycles. The molecule has 1 atom stereocenters. The van der Waals surface area contributed by atoms with Gasteiger partial charge in [0.15, 0.2) is 0 Å². The summed E-state index contributed by atoms with van der Waals surface area (Å²) < 4.78 is 14.0. The number of nitrogens with one attached hydrogen (secondary N) is 1. The van der Waals surface area contributed by atoms with Gasteiger partial charge in [0.2, 0.25) is 0 Å². The fraction of sp³-hybridized carbons (Fsp3) is 0.647. The van der Waals surface area contributed by atoms with E-state index in [9.17, 15) is 9.50 Å². The van der Waals surface area contributed by atoms with Crippen molar-refractivity contribution in [3.63, 3.8) is 0 Å². The minimum absolute atomic E-state index is 0.0676. The highest BCUT2D eigenvalue weighted by Gasteiger charge is 2.20. The number of hydrogen-bond acceptors (Lipinski definition) is 3. The third-order valence-electron chi connectivity index (χ3n) is 4.21. The van der Waals surface area contributed by atoms with Gasteiger partial charge in [0, 0.05) is 24.7 Å². The second-order valence-electron chi connectivity index (χ2n) is 5.89. The van der Waals surface area contributed by atoms with E-state index >= 15 is 0 Å². The Balaban J connectivity index is 1.92. The fourth-order valence-electron chi connectivity index (χ4n) is 2.90. The van der Waals surface area contributed by atoms with Crippen LogP contribution < -0.4 is 5.32 Å². The average molecular weight is 294 g/mol. The molecule has 4 heteroatoms. The number of aliphatic hydroxyl groups excluding tert-OH is 1. The average Bonchev–Trinajstić information content (AvgIpc) is 2.50. The zero-order chi connectivity index (χ0) is 15.1. The molecule has 0 bridgehead atoms. The summed E-state index contributed by atoms with van der Waals surface area (Å²) in [5.74, 6) is -0.125. The van der Waals surface area contributed by atoms with Gasteiger partial charge in [-0.2, -0.15) is 0 Å². The summed E-state index contributed by atoms with van der Waals surface area (Å²) in [5.41, 5.74) is 0.767. The molecule has 0 spiro atoms. The Morgan fingerprint density at radius 1 is 1.33 bits per heavy atom. The summed E-state index contributed by atoms with van der Waals surface area (Å²) in [4.78, 5) is 2.37. The predicted octanol–water partition coefficient (Wildman–Crippen LogP) is 2.71. The Bertz CT molecular complexity index is 419. The number of aliphatic hydroxyl groups is 1. The van der Waals surface area contributed by atoms with Crippen molar-refractivity contribution in [3.05, 3.63) is 35.6 Å². The molecule has 118 valence electrons. The number of hydrogen-bond donors (Lipinski definition) is 2. The monoisotopic (exact) mass is 294 g/mol. The first kappa shape index (κ1) is 16.4. The lowest BCUT2D eigenvalue weighted by molar-refractivity contribution is 0.0806. The lowest BCUT2D eigenvalue weighted by atomic mass is 10.0. The highest BCUT2D eigenvalue weighted by atomic mass is 19.1. The largest absolute Gasteiger partial charge is 0.393 e. The van der Waals surface area contributed by atoms with E-state index in [1.807, 2.05) is 12.1 Å². The van der Waals surface area contributed by atoms with E-state index in [0.717, 1.165) is 57.4 Å². The highest BCUT2D eigenvalue weighted by Crippen LogP contribution is 2.21. The molecule has 1 fully saturated rings. The van der Waals surface area contributed by atoms with Gasteiger partial charge in [-0.05, 0) is 44.8 Å². The lowest BCUT2D eigenvalue weighted by Gasteiger charge is -2.31. The van der Waals surface area contributed by atoms with Crippen LogP contribution >= 0.6 is 0 Å². The van der Waals surface area contributed by atoms with E-state index < -0.39 is 0 Å². The van der Waals surface area contributed by atoms with Crippen LogP contribution in [0.25, 0.3) is 0 Å². The van der Waals surface area contributed by atoms with Crippen molar-refractivity contribution in [1.82, 2.24) is 10.2 Å². The van der Waals surface area contributed by atoms with Gasteiger partial charge >= 0.3 is 0 Å². The van der Waals surface area contributed by atoms with E-state index in [-0.39, 0.29) is 18.0 Å². The number of benzene rings is 1. The van der Waals surface area contributed by atoms with Crippen molar-refractivity contribution in [3.8, 4) is 0 Å². The molecular formula is C17H27FN2O. The molecule has 1 unspecified atom stereocenters. The van der Waals surface area contributed by atoms with Crippen LogP contribution in [0.5, 0.6) is 0 Å². The Morgan fingerprint density at radius 3 is 2.71 bits per heavy atom. The van der Waals surface area contributed by atoms with Gasteiger partial charge in [0.05, 0.1) is 6.10 Å². The summed E-state index contributed by atoms with van der Waals surface area (Å²) in [6.07, 6.45) is 3.51. The molecule has 1 aromatic carbocycles. The quantitative estimate of drug-likeness (QED) is 0.811. The summed E-state index contributed by atoms with van der Waals surface area (Å²) >= 11 is 0. The maximum Gasteiger partial charge on any atom is 0.127 e. The lowest BCUT2D eigenvalue weighted by Crippen LogP contribution is -2.38. The Hall–Kier alpha value is -0.970. The van der Waals surface area contributed by atoms with Crippen molar-refractivity contribution in [2.24, 2.45) is 0 Å². The standard InChI is InChI=1S/C17H27FN2O/c1-2-10-19-17(15-5-3-4-6-16(15)18)9-13-20-11-7-14(21)8-12-20/h3-6,14,17,19,21H,2,7-13H2,1H3. The number of nitrogens with zero attached hydrogens (tertiary/aromatic N) is 1. The van der Waals surface area contributed by atoms with Crippen molar-refractivity contribution in [1.29, 1.82) is 0 Å². The van der Waals surface area contributed by atoms with E-state index in [2.05, 4.69) is 17.1 Å². The molecule has 0 aromatic heterocycles. The molecular weight excluding hydrogens is 267 g/mol. The molecule has 1 saturated heterocycles. The zero-order valence-corrected chi connectivity index (χ0v) is 12.9. The zero-order valence-electron chi connectivity index (χ0n) is 12.9. The molecule has 0 radical (unpaired) electrons. The van der Waals surface area contributed by atoms with E-state index in [0.29, 0.717) is 0 Å². The van der Waals surface area contributed by atoms with Gasteiger partial charge in [-0.1, -0.05) is 25.1 Å². The molecule has 1 aliphatic rings. The predicted molar refractivity (Wildman–Crippen MR) is 83.7 cm³/mol. The number of likely N-dealkylation sites (tertiary alicyclic amines) is 1. The molecule has 2 N–H and O–H groups in total. The Labute approximate surface area is 127 Å². The van der Waals surface area contributed by atoms with Crippen molar-refractivity contribution >= 4 is 0 Å². The SMILES string of the molecule is CCCNC(CCN1CCC(O)CC1)c1ccccc1F. The third-order valence-corrected chi connectivity index (χ3v) is 4.21. The van der Waals surface area contributed by atoms with Crippen LogP contribution in [0.1, 0.15) is 44.2 Å². The smallest absolute Gasteiger partial charge is 0.127 e. The fourth-order valence-corrected chi connectivity index (χ4v) is 2.90. The molecule has 21 heavy (non-hydrogen) atoms. The van der Waals surface area contributed by atoms with Crippen LogP contribution in [0.2, 0.25) is 0 Å². The highest BCUT2D eigenvalue weighted by molar-refractivity contribution is 5.21. The number of halogens is 1. The molecule has 0 saturated carbocycles. The maximum absolute atomic E-state index is 14.0. The molecule has 1 aromatic rings. The summed E-state index contributed by atoms with van der Waals surface area (Å²) in [7, 11) is 0. The van der Waals surface area contributed by atoms with Gasteiger partial charge in [-0.25, -0.2) is 4.39 Å². The first-order chi connectivity index (χ1) is 10.2. The van der Waals surface area contributed by atoms with Crippen LogP contribution in [-0.2, 0) is 0 Å². The number of piperidine rings is 1. The van der Waals surface area contributed by atoms with Crippen LogP contribution in [-0.4, -0.2) is 42.3 Å². The normalized spacial score (nSPS) is 18.8. The molecule has 0 amide bonds. The minimum atomic E-state index is -0.137. The van der Waals surface area contributed by atoms with E-state index in [1.54, 1.807) is 6.07 Å². The van der Waals surface area contributed by atoms with Crippen molar-refractivity contribution < 1.29 is 9.50 Å². The summed E-state index contributed by atoms with van der Waals surface area (Å²) in [5, 5.41) is 13.0. The molecule has 3 nitrogen and oxygen atoms in total. The second kappa shape index (κ2) is 8.47. The van der Waals surface area contributed by atoms with Crippen molar-refractivity contribution in [2.45, 2.75) is 44.8 Å². The van der Waals surface area contributed by atoms with Gasteiger partial charge in [0.25, 0.3) is 0 Å². The summed E-state index contributed by atoms with van der Waals surface area (Å²) in [6, 6.07) is 7.12. The number of rotatable bonds is 7. The van der Waals surface area contributed by atoms with E-state index in [4.69, 9.17) is 0 Å². The van der Waals surface area contributed by atoms with Crippen molar-refractivity contribution in [2.75, 3.05) is 26.2 Å². The van der Waals surface area contributed by atoms with Gasteiger partial charge in [-0.15, -0.1) is 0 Å². The molecule has 0 aliphatic carbocycles.